The van der Waals surface area contributed by atoms with Gasteiger partial charge in [-0.3, -0.25) is 14.3 Å². The number of nitrogens with zero attached hydrogens (tertiary/aromatic N) is 4. The Balaban J connectivity index is 1.48. The molecule has 1 aromatic heterocycles. The molecular formula is C18H20N4O3. The van der Waals surface area contributed by atoms with Crippen LogP contribution in [0.1, 0.15) is 17.8 Å². The molecule has 1 N–H and O–H groups in total. The molecule has 1 fully saturated rings. The van der Waals surface area contributed by atoms with Gasteiger partial charge in [0, 0.05) is 31.3 Å². The number of hydrogen-bond donors (Lipinski definition) is 1. The number of carbonyl (C=O) groups excluding carboxylic acids is 2. The Morgan fingerprint density at radius 2 is 2.12 bits per heavy atom. The van der Waals surface area contributed by atoms with E-state index in [1.54, 1.807) is 29.2 Å². The van der Waals surface area contributed by atoms with Crippen LogP contribution in [0, 0.1) is 12.8 Å². The van der Waals surface area contributed by atoms with E-state index in [-0.39, 0.29) is 29.9 Å². The van der Waals surface area contributed by atoms with Crippen molar-refractivity contribution >= 4 is 17.5 Å². The maximum Gasteiger partial charge on any atom is 0.228 e. The van der Waals surface area contributed by atoms with Gasteiger partial charge in [-0.05, 0) is 25.1 Å². The van der Waals surface area contributed by atoms with Crippen LogP contribution in [0.5, 0.6) is 5.75 Å². The smallest absolute Gasteiger partial charge is 0.228 e. The highest BCUT2D eigenvalue weighted by atomic mass is 16.3. The minimum atomic E-state index is -0.342. The zero-order valence-corrected chi connectivity index (χ0v) is 14.1. The summed E-state index contributed by atoms with van der Waals surface area (Å²) in [5, 5.41) is 14.0. The molecule has 2 aliphatic heterocycles. The van der Waals surface area contributed by atoms with Crippen LogP contribution in [0.2, 0.25) is 0 Å². The first-order valence-electron chi connectivity index (χ1n) is 8.43. The van der Waals surface area contributed by atoms with Crippen molar-refractivity contribution in [3.8, 4) is 5.75 Å². The van der Waals surface area contributed by atoms with Gasteiger partial charge in [-0.15, -0.1) is 0 Å². The summed E-state index contributed by atoms with van der Waals surface area (Å²) in [7, 11) is 0. The molecule has 2 aliphatic rings. The van der Waals surface area contributed by atoms with Gasteiger partial charge in [0.15, 0.2) is 0 Å². The number of aryl methyl sites for hydroxylation is 1. The van der Waals surface area contributed by atoms with Crippen LogP contribution in [0.3, 0.4) is 0 Å². The molecule has 7 nitrogen and oxygen atoms in total. The SMILES string of the molecule is Cc1cc2n(n1)CCN(C(=O)C1CC(=O)N(c3cccc(O)c3)C1)C2. The van der Waals surface area contributed by atoms with E-state index in [0.717, 1.165) is 11.4 Å². The number of anilines is 1. The molecule has 3 heterocycles. The Morgan fingerprint density at radius 3 is 2.92 bits per heavy atom. The molecule has 4 rings (SSSR count). The van der Waals surface area contributed by atoms with Gasteiger partial charge in [-0.25, -0.2) is 0 Å². The summed E-state index contributed by atoms with van der Waals surface area (Å²) in [4.78, 5) is 28.6. The molecule has 1 aromatic carbocycles. The molecule has 0 aliphatic carbocycles. The summed E-state index contributed by atoms with van der Waals surface area (Å²) in [6, 6.07) is 8.57. The molecule has 130 valence electrons. The Morgan fingerprint density at radius 1 is 1.28 bits per heavy atom. The number of fused-ring (bicyclic) bond motifs is 1. The van der Waals surface area contributed by atoms with Crippen LogP contribution in [0.4, 0.5) is 5.69 Å². The van der Waals surface area contributed by atoms with Crippen molar-refractivity contribution in [2.24, 2.45) is 5.92 Å². The van der Waals surface area contributed by atoms with Crippen molar-refractivity contribution in [3.05, 3.63) is 41.7 Å². The lowest BCUT2D eigenvalue weighted by atomic mass is 10.1. The van der Waals surface area contributed by atoms with Crippen molar-refractivity contribution in [1.29, 1.82) is 0 Å². The number of benzene rings is 1. The van der Waals surface area contributed by atoms with Crippen LogP contribution < -0.4 is 4.90 Å². The van der Waals surface area contributed by atoms with Gasteiger partial charge in [0.05, 0.1) is 30.4 Å². The fourth-order valence-corrected chi connectivity index (χ4v) is 3.64. The third kappa shape index (κ3) is 2.86. The number of phenolic OH excluding ortho intramolecular Hbond substituents is 1. The van der Waals surface area contributed by atoms with E-state index >= 15 is 0 Å². The lowest BCUT2D eigenvalue weighted by Gasteiger charge is -2.29. The van der Waals surface area contributed by atoms with Gasteiger partial charge in [0.1, 0.15) is 5.75 Å². The van der Waals surface area contributed by atoms with E-state index in [2.05, 4.69) is 5.10 Å². The standard InChI is InChI=1S/C18H20N4O3/c1-12-7-15-11-20(5-6-22(15)19-12)18(25)13-8-17(24)21(10-13)14-3-2-4-16(23)9-14/h2-4,7,9,13,23H,5-6,8,10-11H2,1H3. The molecule has 7 heteroatoms. The highest BCUT2D eigenvalue weighted by Gasteiger charge is 2.38. The average Bonchev–Trinajstić information content (AvgIpc) is 3.15. The van der Waals surface area contributed by atoms with Crippen LogP contribution >= 0.6 is 0 Å². The maximum absolute atomic E-state index is 12.9. The van der Waals surface area contributed by atoms with Gasteiger partial charge < -0.3 is 14.9 Å². The normalized spacial score (nSPS) is 20.0. The predicted octanol–water partition coefficient (Wildman–Crippen LogP) is 1.29. The number of carbonyl (C=O) groups is 2. The van der Waals surface area contributed by atoms with Gasteiger partial charge >= 0.3 is 0 Å². The van der Waals surface area contributed by atoms with E-state index in [0.29, 0.717) is 31.9 Å². The lowest BCUT2D eigenvalue weighted by Crippen LogP contribution is -2.42. The minimum Gasteiger partial charge on any atom is -0.508 e. The Labute approximate surface area is 145 Å². The van der Waals surface area contributed by atoms with Crippen molar-refractivity contribution < 1.29 is 14.7 Å². The first-order chi connectivity index (χ1) is 12.0. The fraction of sp³-hybridized carbons (Fsp3) is 0.389. The second-order valence-corrected chi connectivity index (χ2v) is 6.69. The van der Waals surface area contributed by atoms with E-state index < -0.39 is 0 Å². The largest absolute Gasteiger partial charge is 0.508 e. The Hall–Kier alpha value is -2.83. The van der Waals surface area contributed by atoms with Crippen molar-refractivity contribution in [1.82, 2.24) is 14.7 Å². The molecule has 0 saturated carbocycles. The van der Waals surface area contributed by atoms with Gasteiger partial charge in [0.2, 0.25) is 11.8 Å². The minimum absolute atomic E-state index is 0.0149. The topological polar surface area (TPSA) is 78.7 Å². The van der Waals surface area contributed by atoms with Crippen LogP contribution in [0.25, 0.3) is 0 Å². The molecular weight excluding hydrogens is 320 g/mol. The number of rotatable bonds is 2. The second-order valence-electron chi connectivity index (χ2n) is 6.69. The molecule has 25 heavy (non-hydrogen) atoms. The van der Waals surface area contributed by atoms with E-state index in [1.165, 1.54) is 0 Å². The molecule has 2 aromatic rings. The highest BCUT2D eigenvalue weighted by Crippen LogP contribution is 2.29. The Kier molecular flexibility index (Phi) is 3.71. The number of phenols is 1. The van der Waals surface area contributed by atoms with Crippen molar-refractivity contribution in [2.75, 3.05) is 18.0 Å². The predicted molar refractivity (Wildman–Crippen MR) is 90.9 cm³/mol. The summed E-state index contributed by atoms with van der Waals surface area (Å²) >= 11 is 0. The summed E-state index contributed by atoms with van der Waals surface area (Å²) in [6.07, 6.45) is 0.212. The Bertz CT molecular complexity index is 845. The number of aromatic hydroxyl groups is 1. The maximum atomic E-state index is 12.9. The van der Waals surface area contributed by atoms with Gasteiger partial charge in [-0.1, -0.05) is 6.07 Å². The van der Waals surface area contributed by atoms with Crippen molar-refractivity contribution in [3.63, 3.8) is 0 Å². The summed E-state index contributed by atoms with van der Waals surface area (Å²) in [5.41, 5.74) is 2.62. The zero-order valence-electron chi connectivity index (χ0n) is 14.1. The second kappa shape index (κ2) is 5.91. The van der Waals surface area contributed by atoms with Crippen LogP contribution in [-0.2, 0) is 22.7 Å². The average molecular weight is 340 g/mol. The van der Waals surface area contributed by atoms with Gasteiger partial charge in [0.25, 0.3) is 0 Å². The molecule has 1 saturated heterocycles. The molecule has 1 atom stereocenters. The molecule has 0 bridgehead atoms. The summed E-state index contributed by atoms with van der Waals surface area (Å²) < 4.78 is 1.94. The summed E-state index contributed by atoms with van der Waals surface area (Å²) in [6.45, 7) is 4.14. The molecule has 2 amide bonds. The third-order valence-corrected chi connectivity index (χ3v) is 4.85. The first-order valence-corrected chi connectivity index (χ1v) is 8.43. The molecule has 1 unspecified atom stereocenters. The number of hydrogen-bond acceptors (Lipinski definition) is 4. The van der Waals surface area contributed by atoms with Crippen LogP contribution in [-0.4, -0.2) is 44.7 Å². The monoisotopic (exact) mass is 340 g/mol. The number of aromatic nitrogens is 2. The third-order valence-electron chi connectivity index (χ3n) is 4.85. The van der Waals surface area contributed by atoms with Gasteiger partial charge in [-0.2, -0.15) is 5.10 Å². The molecule has 0 radical (unpaired) electrons. The van der Waals surface area contributed by atoms with E-state index in [4.69, 9.17) is 0 Å². The highest BCUT2D eigenvalue weighted by molar-refractivity contribution is 6.00. The summed E-state index contributed by atoms with van der Waals surface area (Å²) in [5.74, 6) is -0.298. The zero-order chi connectivity index (χ0) is 17.6. The van der Waals surface area contributed by atoms with Crippen molar-refractivity contribution in [2.45, 2.75) is 26.4 Å². The fourth-order valence-electron chi connectivity index (χ4n) is 3.64. The van der Waals surface area contributed by atoms with E-state index in [1.807, 2.05) is 22.6 Å². The lowest BCUT2D eigenvalue weighted by molar-refractivity contribution is -0.137. The van der Waals surface area contributed by atoms with Crippen LogP contribution in [0.15, 0.2) is 30.3 Å². The number of amides is 2. The molecule has 0 spiro atoms. The van der Waals surface area contributed by atoms with E-state index in [9.17, 15) is 14.7 Å². The quantitative estimate of drug-likeness (QED) is 0.894. The first kappa shape index (κ1) is 15.7.